The molecule has 0 rings (SSSR count). The maximum absolute atomic E-state index is 12.8. The highest BCUT2D eigenvalue weighted by Crippen LogP contribution is 2.21. The maximum atomic E-state index is 12.8. The van der Waals surface area contributed by atoms with E-state index < -0.39 is 0 Å². The van der Waals surface area contributed by atoms with E-state index in [1.54, 1.807) is 6.92 Å². The summed E-state index contributed by atoms with van der Waals surface area (Å²) in [5.74, 6) is 0.329. The molecular formula is C56H110O6. The van der Waals surface area contributed by atoms with Gasteiger partial charge in [0.15, 0.2) is 0 Å². The van der Waals surface area contributed by atoms with E-state index in [2.05, 4.69) is 20.8 Å². The second-order valence-corrected chi connectivity index (χ2v) is 19.2. The second-order valence-electron chi connectivity index (χ2n) is 19.2. The highest BCUT2D eigenvalue weighted by molar-refractivity contribution is 5.75. The standard InChI is InChI=1S/C55H106O6.CH4/c1-5-8-11-33-42-51(57)43-34-27-21-15-18-24-30-39-48-54(58)61-53(45-36-13-10-7-3)47-38-29-23-17-19-25-31-40-49-55(59)60-52(44-35-12-9-6-2)46-37-28-22-16-14-20-26-32-41-50(4)56;/h51-53,57H,5-49H2,1-4H3;1H4. The van der Waals surface area contributed by atoms with Gasteiger partial charge in [0.05, 0.1) is 6.10 Å². The molecule has 3 unspecified atom stereocenters. The summed E-state index contributed by atoms with van der Waals surface area (Å²) in [6, 6.07) is 0. The molecular weight excluding hydrogens is 769 g/mol. The van der Waals surface area contributed by atoms with Crippen LogP contribution in [-0.2, 0) is 23.9 Å². The van der Waals surface area contributed by atoms with E-state index >= 15 is 0 Å². The van der Waals surface area contributed by atoms with Crippen molar-refractivity contribution in [3.8, 4) is 0 Å². The number of carbonyl (C=O) groups is 3. The fourth-order valence-electron chi connectivity index (χ4n) is 8.78. The van der Waals surface area contributed by atoms with Crippen LogP contribution < -0.4 is 0 Å². The summed E-state index contributed by atoms with van der Waals surface area (Å²) in [6.07, 6.45) is 50.9. The van der Waals surface area contributed by atoms with Crippen molar-refractivity contribution in [2.24, 2.45) is 0 Å². The highest BCUT2D eigenvalue weighted by atomic mass is 16.5. The number of hydrogen-bond donors (Lipinski definition) is 1. The number of unbranched alkanes of at least 4 members (excludes halogenated alkanes) is 30. The number of aliphatic hydroxyl groups excluding tert-OH is 1. The molecule has 0 spiro atoms. The van der Waals surface area contributed by atoms with Gasteiger partial charge in [0, 0.05) is 19.3 Å². The summed E-state index contributed by atoms with van der Waals surface area (Å²) in [6.45, 7) is 8.40. The van der Waals surface area contributed by atoms with E-state index in [0.29, 0.717) is 18.6 Å². The molecule has 0 bridgehead atoms. The monoisotopic (exact) mass is 879 g/mol. The molecule has 0 radical (unpaired) electrons. The molecule has 3 atom stereocenters. The van der Waals surface area contributed by atoms with E-state index in [1.165, 1.54) is 167 Å². The van der Waals surface area contributed by atoms with Crippen molar-refractivity contribution in [3.63, 3.8) is 0 Å². The Morgan fingerprint density at radius 3 is 0.839 bits per heavy atom. The Kier molecular flexibility index (Phi) is 51.1. The van der Waals surface area contributed by atoms with Gasteiger partial charge in [-0.2, -0.15) is 0 Å². The van der Waals surface area contributed by atoms with Crippen LogP contribution in [0.5, 0.6) is 0 Å². The Hall–Kier alpha value is -1.43. The van der Waals surface area contributed by atoms with E-state index in [1.807, 2.05) is 0 Å². The van der Waals surface area contributed by atoms with E-state index in [0.717, 1.165) is 109 Å². The number of rotatable bonds is 50. The minimum Gasteiger partial charge on any atom is -0.462 e. The lowest BCUT2D eigenvalue weighted by molar-refractivity contribution is -0.151. The summed E-state index contributed by atoms with van der Waals surface area (Å²) in [5, 5.41) is 10.2. The van der Waals surface area contributed by atoms with Gasteiger partial charge < -0.3 is 19.4 Å². The summed E-state index contributed by atoms with van der Waals surface area (Å²) >= 11 is 0. The molecule has 0 aromatic heterocycles. The first-order chi connectivity index (χ1) is 29.8. The third-order valence-corrected chi connectivity index (χ3v) is 12.9. The predicted molar refractivity (Wildman–Crippen MR) is 268 cm³/mol. The van der Waals surface area contributed by atoms with Crippen LogP contribution in [0.15, 0.2) is 0 Å². The summed E-state index contributed by atoms with van der Waals surface area (Å²) in [4.78, 5) is 36.6. The molecule has 6 nitrogen and oxygen atoms in total. The molecule has 0 aliphatic rings. The molecule has 0 aromatic carbocycles. The normalized spacial score (nSPS) is 12.8. The average molecular weight is 879 g/mol. The molecule has 62 heavy (non-hydrogen) atoms. The quantitative estimate of drug-likeness (QED) is 0.0484. The summed E-state index contributed by atoms with van der Waals surface area (Å²) in [5.41, 5.74) is 0. The van der Waals surface area contributed by atoms with Gasteiger partial charge >= 0.3 is 11.9 Å². The van der Waals surface area contributed by atoms with Crippen molar-refractivity contribution < 1.29 is 29.0 Å². The number of esters is 2. The van der Waals surface area contributed by atoms with Crippen LogP contribution in [0.3, 0.4) is 0 Å². The van der Waals surface area contributed by atoms with Crippen LogP contribution in [0.4, 0.5) is 0 Å². The van der Waals surface area contributed by atoms with Crippen LogP contribution in [0, 0.1) is 0 Å². The summed E-state index contributed by atoms with van der Waals surface area (Å²) in [7, 11) is 0. The molecule has 0 saturated carbocycles. The minimum absolute atomic E-state index is 0. The van der Waals surface area contributed by atoms with Crippen molar-refractivity contribution in [2.45, 2.75) is 342 Å². The van der Waals surface area contributed by atoms with Crippen LogP contribution in [-0.4, -0.2) is 41.1 Å². The van der Waals surface area contributed by atoms with Gasteiger partial charge in [0.25, 0.3) is 0 Å². The van der Waals surface area contributed by atoms with Crippen molar-refractivity contribution in [1.82, 2.24) is 0 Å². The van der Waals surface area contributed by atoms with Gasteiger partial charge in [-0.05, 0) is 90.4 Å². The number of ketones is 1. The van der Waals surface area contributed by atoms with Gasteiger partial charge in [-0.3, -0.25) is 9.59 Å². The zero-order valence-corrected chi connectivity index (χ0v) is 41.5. The van der Waals surface area contributed by atoms with Crippen molar-refractivity contribution in [3.05, 3.63) is 0 Å². The number of hydrogen-bond acceptors (Lipinski definition) is 6. The van der Waals surface area contributed by atoms with Crippen LogP contribution >= 0.6 is 0 Å². The third-order valence-electron chi connectivity index (χ3n) is 12.9. The van der Waals surface area contributed by atoms with Gasteiger partial charge in [0.2, 0.25) is 0 Å². The van der Waals surface area contributed by atoms with E-state index in [4.69, 9.17) is 9.47 Å². The molecule has 0 aliphatic carbocycles. The lowest BCUT2D eigenvalue weighted by Gasteiger charge is -2.18. The Bertz CT molecular complexity index is 935. The topological polar surface area (TPSA) is 89.9 Å². The smallest absolute Gasteiger partial charge is 0.306 e. The van der Waals surface area contributed by atoms with Crippen molar-refractivity contribution >= 4 is 17.7 Å². The maximum Gasteiger partial charge on any atom is 0.306 e. The zero-order valence-electron chi connectivity index (χ0n) is 41.5. The first kappa shape index (κ1) is 62.7. The van der Waals surface area contributed by atoms with E-state index in [9.17, 15) is 19.5 Å². The van der Waals surface area contributed by atoms with Crippen LogP contribution in [0.25, 0.3) is 0 Å². The molecule has 370 valence electrons. The Labute approximate surface area is 387 Å². The van der Waals surface area contributed by atoms with Crippen molar-refractivity contribution in [2.75, 3.05) is 0 Å². The molecule has 0 fully saturated rings. The second kappa shape index (κ2) is 50.6. The highest BCUT2D eigenvalue weighted by Gasteiger charge is 2.16. The third kappa shape index (κ3) is 48.0. The van der Waals surface area contributed by atoms with Gasteiger partial charge in [-0.15, -0.1) is 0 Å². The fraction of sp³-hybridized carbons (Fsp3) is 0.946. The lowest BCUT2D eigenvalue weighted by Crippen LogP contribution is -2.18. The lowest BCUT2D eigenvalue weighted by atomic mass is 10.0. The average Bonchev–Trinajstić information content (AvgIpc) is 3.24. The molecule has 1 N–H and O–H groups in total. The van der Waals surface area contributed by atoms with Gasteiger partial charge in [-0.25, -0.2) is 0 Å². The molecule has 0 aromatic rings. The largest absolute Gasteiger partial charge is 0.462 e. The minimum atomic E-state index is -0.0995. The fourth-order valence-corrected chi connectivity index (χ4v) is 8.78. The first-order valence-corrected chi connectivity index (χ1v) is 27.4. The number of carbonyl (C=O) groups excluding carboxylic acids is 3. The van der Waals surface area contributed by atoms with Crippen LogP contribution in [0.2, 0.25) is 0 Å². The SMILES string of the molecule is C.CCCCCCC(O)CCCCCCCCCCC(=O)OC(CCCCCC)CCCCCCCCCCC(=O)OC(CCCCCC)CCCCCCCCCCC(C)=O. The molecule has 0 amide bonds. The van der Waals surface area contributed by atoms with Gasteiger partial charge in [0.1, 0.15) is 18.0 Å². The predicted octanol–water partition coefficient (Wildman–Crippen LogP) is 18.0. The van der Waals surface area contributed by atoms with Crippen molar-refractivity contribution in [1.29, 1.82) is 0 Å². The Morgan fingerprint density at radius 2 is 0.565 bits per heavy atom. The Morgan fingerprint density at radius 1 is 0.339 bits per heavy atom. The number of Topliss-reactive ketones (excluding diaryl/α,β-unsaturated/α-hetero) is 1. The molecule has 6 heteroatoms. The molecule has 0 heterocycles. The summed E-state index contributed by atoms with van der Waals surface area (Å²) < 4.78 is 12.1. The number of aliphatic hydroxyl groups is 1. The molecule has 0 aliphatic heterocycles. The van der Waals surface area contributed by atoms with Gasteiger partial charge in [-0.1, -0.05) is 214 Å². The zero-order chi connectivity index (χ0) is 44.7. The molecule has 0 saturated heterocycles. The Balaban J connectivity index is 0. The first-order valence-electron chi connectivity index (χ1n) is 27.4. The van der Waals surface area contributed by atoms with E-state index in [-0.39, 0.29) is 37.7 Å². The van der Waals surface area contributed by atoms with Crippen LogP contribution in [0.1, 0.15) is 324 Å². The number of ether oxygens (including phenoxy) is 2.